The van der Waals surface area contributed by atoms with Crippen LogP contribution in [0, 0.1) is 17.8 Å². The van der Waals surface area contributed by atoms with E-state index in [4.69, 9.17) is 37.9 Å². The lowest BCUT2D eigenvalue weighted by atomic mass is 9.77. The highest BCUT2D eigenvalue weighted by atomic mass is 16.8. The third-order valence-corrected chi connectivity index (χ3v) is 13.2. The Labute approximate surface area is 336 Å². The highest BCUT2D eigenvalue weighted by Crippen LogP contribution is 2.42. The lowest BCUT2D eigenvalue weighted by Crippen LogP contribution is -2.60. The quantitative estimate of drug-likeness (QED) is 0.307. The Morgan fingerprint density at radius 2 is 1.57 bits per heavy atom. The number of hydrogen-bond donors (Lipinski definition) is 3. The number of methoxy groups -OCH3 is 1. The van der Waals surface area contributed by atoms with Gasteiger partial charge in [-0.3, -0.25) is 9.69 Å². The van der Waals surface area contributed by atoms with Crippen LogP contribution in [-0.4, -0.2) is 182 Å². The number of nitrogens with zero attached hydrogens (tertiary/aromatic N) is 3. The van der Waals surface area contributed by atoms with Crippen molar-refractivity contribution in [3.63, 3.8) is 0 Å². The molecule has 0 aromatic rings. The average molecular weight is 804 g/mol. The summed E-state index contributed by atoms with van der Waals surface area (Å²) in [5.74, 6) is -2.18. The van der Waals surface area contributed by atoms with Crippen LogP contribution in [-0.2, 0) is 42.7 Å². The highest BCUT2D eigenvalue weighted by molar-refractivity contribution is 5.73. The average Bonchev–Trinajstić information content (AvgIpc) is 3.48. The molecule has 0 amide bonds. The van der Waals surface area contributed by atoms with Crippen LogP contribution in [0.2, 0.25) is 0 Å². The molecule has 56 heavy (non-hydrogen) atoms. The van der Waals surface area contributed by atoms with Crippen molar-refractivity contribution in [2.75, 3.05) is 48.9 Å². The van der Waals surface area contributed by atoms with Crippen molar-refractivity contribution in [1.82, 2.24) is 14.7 Å². The minimum atomic E-state index is -1.51. The van der Waals surface area contributed by atoms with Gasteiger partial charge < -0.3 is 63.0 Å². The van der Waals surface area contributed by atoms with E-state index in [0.717, 1.165) is 0 Å². The van der Waals surface area contributed by atoms with Gasteiger partial charge in [-0.25, -0.2) is 0 Å². The van der Waals surface area contributed by atoms with E-state index in [1.807, 2.05) is 72.7 Å². The second-order valence-electron chi connectivity index (χ2n) is 18.6. The Kier molecular flexibility index (Phi) is 15.9. The molecular weight excluding hydrogens is 726 g/mol. The monoisotopic (exact) mass is 804 g/mol. The minimum Gasteiger partial charge on any atom is -0.459 e. The first-order valence-electron chi connectivity index (χ1n) is 20.7. The van der Waals surface area contributed by atoms with Gasteiger partial charge in [0.2, 0.25) is 6.41 Å². The molecule has 4 aliphatic heterocycles. The second kappa shape index (κ2) is 18.7. The lowest BCUT2D eigenvalue weighted by Gasteiger charge is -2.48. The summed E-state index contributed by atoms with van der Waals surface area (Å²) in [7, 11) is 11.2. The molecule has 4 rings (SSSR count). The highest BCUT2D eigenvalue weighted by Gasteiger charge is 2.57. The van der Waals surface area contributed by atoms with E-state index in [2.05, 4.69) is 18.7 Å². The van der Waals surface area contributed by atoms with Gasteiger partial charge in [0.25, 0.3) is 0 Å². The fourth-order valence-corrected chi connectivity index (χ4v) is 9.69. The summed E-state index contributed by atoms with van der Waals surface area (Å²) in [4.78, 5) is 20.7. The van der Waals surface area contributed by atoms with Gasteiger partial charge in [-0.1, -0.05) is 20.8 Å². The maximum Gasteiger partial charge on any atom is 0.311 e. The summed E-state index contributed by atoms with van der Waals surface area (Å²) in [5, 5.41) is 35.3. The van der Waals surface area contributed by atoms with Crippen molar-refractivity contribution < 1.29 is 58.0 Å². The third kappa shape index (κ3) is 10.1. The van der Waals surface area contributed by atoms with Crippen molar-refractivity contribution in [3.8, 4) is 0 Å². The van der Waals surface area contributed by atoms with Gasteiger partial charge in [-0.05, 0) is 109 Å². The topological polar surface area (TPSA) is 161 Å². The standard InChI is InChI=1S/C41H77N3O12/c1-17-29-41(10)35(55-38(56-41)43(13)14)26(6)44(15)21-22(2)19-39(8,48)34(54-37-31(45)28(42(11)12)18-23(3)50-37)24(4)32(25(5)36(47)52-29)53-30-20-40(9,49-16)33(46)27(7)51-30/h22-35,37-38,45-46,48H,17-21H2,1-16H3/t22-,23-,24+,25-,26-,27+,28+,29-,30+,31-,32?,33+,34-,35-,37+,38?,39-,40-,41-/m1/s1. The number of aliphatic hydroxyl groups is 3. The Bertz CT molecular complexity index is 1280. The maximum atomic E-state index is 14.6. The molecule has 0 bridgehead atoms. The van der Waals surface area contributed by atoms with E-state index >= 15 is 0 Å². The first-order chi connectivity index (χ1) is 25.9. The summed E-state index contributed by atoms with van der Waals surface area (Å²) < 4.78 is 51.7. The molecule has 328 valence electrons. The predicted octanol–water partition coefficient (Wildman–Crippen LogP) is 2.81. The van der Waals surface area contributed by atoms with Gasteiger partial charge >= 0.3 is 5.97 Å². The molecule has 2 unspecified atom stereocenters. The van der Waals surface area contributed by atoms with E-state index in [9.17, 15) is 20.1 Å². The summed E-state index contributed by atoms with van der Waals surface area (Å²) in [6, 6.07) is -0.416. The van der Waals surface area contributed by atoms with Gasteiger partial charge in [-0.15, -0.1) is 0 Å². The van der Waals surface area contributed by atoms with Crippen LogP contribution >= 0.6 is 0 Å². The Balaban J connectivity index is 1.84. The fraction of sp³-hybridized carbons (Fsp3) is 0.976. The van der Waals surface area contributed by atoms with Crippen LogP contribution in [0.15, 0.2) is 0 Å². The number of aliphatic hydroxyl groups excluding tert-OH is 2. The first kappa shape index (κ1) is 47.6. The molecule has 0 radical (unpaired) electrons. The number of hydrogen-bond acceptors (Lipinski definition) is 15. The van der Waals surface area contributed by atoms with Gasteiger partial charge in [0.15, 0.2) is 12.6 Å². The van der Waals surface area contributed by atoms with Crippen LogP contribution in [0.3, 0.4) is 0 Å². The second-order valence-corrected chi connectivity index (χ2v) is 18.6. The molecule has 3 N–H and O–H groups in total. The van der Waals surface area contributed by atoms with Crippen LogP contribution in [0.25, 0.3) is 0 Å². The number of fused-ring (bicyclic) bond motifs is 1. The molecule has 15 nitrogen and oxygen atoms in total. The number of esters is 1. The first-order valence-corrected chi connectivity index (χ1v) is 20.7. The van der Waals surface area contributed by atoms with E-state index in [0.29, 0.717) is 25.8 Å². The van der Waals surface area contributed by atoms with Crippen LogP contribution in [0.4, 0.5) is 0 Å². The molecule has 0 spiro atoms. The molecule has 0 saturated carbocycles. The van der Waals surface area contributed by atoms with Gasteiger partial charge in [0.1, 0.15) is 30.0 Å². The van der Waals surface area contributed by atoms with E-state index < -0.39 is 96.3 Å². The number of ether oxygens (including phenoxy) is 8. The molecule has 4 saturated heterocycles. The minimum absolute atomic E-state index is 0.0483. The molecule has 0 aliphatic carbocycles. The molecule has 4 fully saturated rings. The Morgan fingerprint density at radius 1 is 0.929 bits per heavy atom. The van der Waals surface area contributed by atoms with Crippen molar-refractivity contribution in [1.29, 1.82) is 0 Å². The van der Waals surface area contributed by atoms with E-state index in [1.54, 1.807) is 27.7 Å². The zero-order chi connectivity index (χ0) is 42.2. The van der Waals surface area contributed by atoms with Crippen LogP contribution in [0.5, 0.6) is 0 Å². The third-order valence-electron chi connectivity index (χ3n) is 13.2. The molecule has 4 heterocycles. The molecule has 19 atom stereocenters. The van der Waals surface area contributed by atoms with E-state index in [-0.39, 0.29) is 30.5 Å². The van der Waals surface area contributed by atoms with Gasteiger partial charge in [-0.2, -0.15) is 0 Å². The lowest BCUT2D eigenvalue weighted by molar-refractivity contribution is -0.318. The summed E-state index contributed by atoms with van der Waals surface area (Å²) >= 11 is 0. The maximum absolute atomic E-state index is 14.6. The number of rotatable bonds is 8. The van der Waals surface area contributed by atoms with Gasteiger partial charge in [0.05, 0.1) is 41.5 Å². The molecule has 0 aromatic heterocycles. The van der Waals surface area contributed by atoms with Crippen molar-refractivity contribution in [3.05, 3.63) is 0 Å². The Morgan fingerprint density at radius 3 is 2.14 bits per heavy atom. The Hall–Kier alpha value is -1.05. The zero-order valence-electron chi connectivity index (χ0n) is 37.1. The fourth-order valence-electron chi connectivity index (χ4n) is 9.69. The van der Waals surface area contributed by atoms with Crippen molar-refractivity contribution >= 4 is 5.97 Å². The van der Waals surface area contributed by atoms with Crippen LogP contribution < -0.4 is 0 Å². The molecular formula is C41H77N3O12. The number of carbonyl (C=O) groups excluding carboxylic acids is 1. The number of carbonyl (C=O) groups is 1. The summed E-state index contributed by atoms with van der Waals surface area (Å²) in [5.41, 5.74) is -3.51. The molecule has 0 aromatic carbocycles. The number of likely N-dealkylation sites (N-methyl/N-ethyl adjacent to an activating group) is 2. The van der Waals surface area contributed by atoms with E-state index in [1.165, 1.54) is 7.11 Å². The largest absolute Gasteiger partial charge is 0.459 e. The summed E-state index contributed by atoms with van der Waals surface area (Å²) in [6.07, 6.45) is -7.02. The van der Waals surface area contributed by atoms with Crippen molar-refractivity contribution in [2.24, 2.45) is 17.8 Å². The predicted molar refractivity (Wildman–Crippen MR) is 209 cm³/mol. The number of cyclic esters (lactones) is 1. The zero-order valence-corrected chi connectivity index (χ0v) is 37.1. The SMILES string of the molecule is CC[C@H]1OC(=O)[C@H](C)C(O[C@H]2C[C@@](C)(OC)[C@@H](O)[C@H](C)O2)[C@H](C)[C@@H](O[C@@H]2O[C@H](C)C[C@H](N(C)C)[C@H]2O)[C@](C)(O)C[C@@H](C)CN(C)[C@H](C)[C@H]2OC(N(C)C)O[C@@]21C. The van der Waals surface area contributed by atoms with Crippen LogP contribution in [0.1, 0.15) is 94.9 Å². The normalized spacial score (nSPS) is 49.3. The van der Waals surface area contributed by atoms with Crippen molar-refractivity contribution in [2.45, 2.75) is 192 Å². The van der Waals surface area contributed by atoms with Gasteiger partial charge in [0, 0.05) is 38.1 Å². The summed E-state index contributed by atoms with van der Waals surface area (Å²) in [6.45, 7) is 19.6. The smallest absolute Gasteiger partial charge is 0.311 e. The molecule has 15 heteroatoms. The molecule has 4 aliphatic rings.